The first kappa shape index (κ1) is 23.6. The minimum Gasteiger partial charge on any atom is -0.497 e. The molecule has 2 aliphatic heterocycles. The molecule has 33 heavy (non-hydrogen) atoms. The van der Waals surface area contributed by atoms with Crippen molar-refractivity contribution in [1.29, 1.82) is 0 Å². The van der Waals surface area contributed by atoms with Crippen molar-refractivity contribution in [2.45, 2.75) is 32.1 Å². The number of amides is 1. The molecule has 1 aromatic heterocycles. The molecular formula is C25H32FN3O4. The van der Waals surface area contributed by atoms with Gasteiger partial charge < -0.3 is 19.1 Å². The van der Waals surface area contributed by atoms with Crippen molar-refractivity contribution in [3.8, 4) is 5.75 Å². The molecule has 1 atom stereocenters. The second kappa shape index (κ2) is 11.5. The molecule has 7 nitrogen and oxygen atoms in total. The first-order valence-electron chi connectivity index (χ1n) is 11.5. The quantitative estimate of drug-likeness (QED) is 0.608. The first-order chi connectivity index (χ1) is 16.1. The highest BCUT2D eigenvalue weighted by Gasteiger charge is 2.30. The molecule has 2 fully saturated rings. The fourth-order valence-electron chi connectivity index (χ4n) is 4.41. The van der Waals surface area contributed by atoms with E-state index in [1.807, 2.05) is 21.9 Å². The molecule has 4 rings (SSSR count). The summed E-state index contributed by atoms with van der Waals surface area (Å²) >= 11 is 0. The lowest BCUT2D eigenvalue weighted by Gasteiger charge is -2.30. The van der Waals surface area contributed by atoms with E-state index >= 15 is 0 Å². The van der Waals surface area contributed by atoms with Crippen molar-refractivity contribution in [2.75, 3.05) is 46.5 Å². The summed E-state index contributed by atoms with van der Waals surface area (Å²) in [6, 6.07) is 8.69. The zero-order chi connectivity index (χ0) is 23.0. The highest BCUT2D eigenvalue weighted by molar-refractivity contribution is 5.78. The van der Waals surface area contributed by atoms with Crippen molar-refractivity contribution in [1.82, 2.24) is 14.8 Å². The summed E-state index contributed by atoms with van der Waals surface area (Å²) in [6.07, 6.45) is 5.24. The van der Waals surface area contributed by atoms with Crippen molar-refractivity contribution >= 4 is 5.91 Å². The molecular weight excluding hydrogens is 425 g/mol. The van der Waals surface area contributed by atoms with Gasteiger partial charge in [-0.1, -0.05) is 6.07 Å². The monoisotopic (exact) mass is 457 g/mol. The number of ether oxygens (including phenoxy) is 3. The molecule has 2 saturated heterocycles. The van der Waals surface area contributed by atoms with Gasteiger partial charge >= 0.3 is 0 Å². The Bertz CT molecular complexity index is 908. The number of rotatable bonds is 8. The van der Waals surface area contributed by atoms with Gasteiger partial charge in [0.1, 0.15) is 11.6 Å². The van der Waals surface area contributed by atoms with Gasteiger partial charge in [-0.15, -0.1) is 0 Å². The Morgan fingerprint density at radius 1 is 1.15 bits per heavy atom. The number of methoxy groups -OCH3 is 1. The minimum absolute atomic E-state index is 0.0606. The van der Waals surface area contributed by atoms with Crippen LogP contribution < -0.4 is 4.74 Å². The first-order valence-corrected chi connectivity index (χ1v) is 11.5. The maximum absolute atomic E-state index is 14.6. The molecule has 0 N–H and O–H groups in total. The van der Waals surface area contributed by atoms with Crippen LogP contribution in [0.15, 0.2) is 42.7 Å². The van der Waals surface area contributed by atoms with E-state index in [2.05, 4.69) is 4.98 Å². The lowest BCUT2D eigenvalue weighted by molar-refractivity contribution is -0.133. The molecule has 0 radical (unpaired) electrons. The van der Waals surface area contributed by atoms with Crippen LogP contribution in [0.3, 0.4) is 0 Å². The Hall–Kier alpha value is -2.55. The molecule has 0 spiro atoms. The predicted molar refractivity (Wildman–Crippen MR) is 121 cm³/mol. The summed E-state index contributed by atoms with van der Waals surface area (Å²) in [6.45, 7) is 4.30. The highest BCUT2D eigenvalue weighted by atomic mass is 19.1. The number of benzene rings is 1. The number of pyridine rings is 1. The lowest BCUT2D eigenvalue weighted by atomic mass is 9.99. The lowest BCUT2D eigenvalue weighted by Crippen LogP contribution is -2.42. The van der Waals surface area contributed by atoms with Crippen LogP contribution in [-0.4, -0.2) is 73.3 Å². The third-order valence-electron chi connectivity index (χ3n) is 6.31. The van der Waals surface area contributed by atoms with E-state index in [0.717, 1.165) is 31.6 Å². The average Bonchev–Trinajstić information content (AvgIpc) is 2.98. The number of nitrogens with zero attached hydrogens (tertiary/aromatic N) is 3. The van der Waals surface area contributed by atoms with Gasteiger partial charge in [0.25, 0.3) is 0 Å². The van der Waals surface area contributed by atoms with Crippen LogP contribution in [0.2, 0.25) is 0 Å². The van der Waals surface area contributed by atoms with Gasteiger partial charge in [0.2, 0.25) is 5.91 Å². The summed E-state index contributed by atoms with van der Waals surface area (Å²) in [5, 5.41) is 0. The van der Waals surface area contributed by atoms with E-state index in [9.17, 15) is 9.18 Å². The van der Waals surface area contributed by atoms with E-state index in [0.29, 0.717) is 50.0 Å². The predicted octanol–water partition coefficient (Wildman–Crippen LogP) is 2.89. The largest absolute Gasteiger partial charge is 0.497 e. The second-order valence-corrected chi connectivity index (χ2v) is 8.77. The fraction of sp³-hybridized carbons (Fsp3) is 0.520. The van der Waals surface area contributed by atoms with Gasteiger partial charge in [0, 0.05) is 63.4 Å². The fourth-order valence-corrected chi connectivity index (χ4v) is 4.41. The molecule has 2 aliphatic rings. The number of carbonyl (C=O) groups is 1. The summed E-state index contributed by atoms with van der Waals surface area (Å²) in [4.78, 5) is 21.1. The van der Waals surface area contributed by atoms with Crippen molar-refractivity contribution in [3.05, 3.63) is 59.7 Å². The zero-order valence-electron chi connectivity index (χ0n) is 19.1. The van der Waals surface area contributed by atoms with Crippen molar-refractivity contribution < 1.29 is 23.4 Å². The van der Waals surface area contributed by atoms with E-state index < -0.39 is 0 Å². The molecule has 0 bridgehead atoms. The number of halogens is 1. The molecule has 8 heteroatoms. The van der Waals surface area contributed by atoms with E-state index in [1.165, 1.54) is 13.2 Å². The SMILES string of the molecule is COc1ccc(CN2CC(=O)N(CC3CCOCC3)C[C@@H](OCc3ccncc3)C2)c(F)c1. The minimum atomic E-state index is -0.334. The standard InChI is InChI=1S/C25H32FN3O4/c1-31-22-3-2-21(24(26)12-22)14-28-15-23(33-18-20-4-8-27-9-5-20)16-29(25(30)17-28)13-19-6-10-32-11-7-19/h2-5,8-9,12,19,23H,6-7,10-11,13-18H2,1H3/t23-/m0/s1. The number of aromatic nitrogens is 1. The van der Waals surface area contributed by atoms with Gasteiger partial charge in [-0.2, -0.15) is 0 Å². The Labute approximate surface area is 194 Å². The highest BCUT2D eigenvalue weighted by Crippen LogP contribution is 2.22. The number of carbonyl (C=O) groups excluding carboxylic acids is 1. The van der Waals surface area contributed by atoms with Gasteiger partial charge in [-0.25, -0.2) is 4.39 Å². The molecule has 1 aromatic carbocycles. The van der Waals surface area contributed by atoms with Crippen LogP contribution in [0.5, 0.6) is 5.75 Å². The Balaban J connectivity index is 1.46. The van der Waals surface area contributed by atoms with Gasteiger partial charge in [-0.3, -0.25) is 14.7 Å². The Morgan fingerprint density at radius 3 is 2.67 bits per heavy atom. The van der Waals surface area contributed by atoms with Crippen molar-refractivity contribution in [2.24, 2.45) is 5.92 Å². The average molecular weight is 458 g/mol. The molecule has 2 aromatic rings. The molecule has 0 unspecified atom stereocenters. The summed E-state index contributed by atoms with van der Waals surface area (Å²) in [5.41, 5.74) is 1.57. The molecule has 0 saturated carbocycles. The van der Waals surface area contributed by atoms with E-state index in [4.69, 9.17) is 14.2 Å². The summed E-state index contributed by atoms with van der Waals surface area (Å²) < 4.78 is 31.4. The summed E-state index contributed by atoms with van der Waals surface area (Å²) in [7, 11) is 1.51. The third kappa shape index (κ3) is 6.72. The number of hydrogen-bond acceptors (Lipinski definition) is 6. The molecule has 3 heterocycles. The maximum Gasteiger partial charge on any atom is 0.236 e. The topological polar surface area (TPSA) is 64.1 Å². The number of hydrogen-bond donors (Lipinski definition) is 0. The molecule has 1 amide bonds. The van der Waals surface area contributed by atoms with Gasteiger partial charge in [0.15, 0.2) is 0 Å². The van der Waals surface area contributed by atoms with E-state index in [1.54, 1.807) is 24.5 Å². The summed E-state index contributed by atoms with van der Waals surface area (Å²) in [5.74, 6) is 0.642. The van der Waals surface area contributed by atoms with E-state index in [-0.39, 0.29) is 24.4 Å². The second-order valence-electron chi connectivity index (χ2n) is 8.77. The van der Waals surface area contributed by atoms with Crippen LogP contribution in [0.1, 0.15) is 24.0 Å². The third-order valence-corrected chi connectivity index (χ3v) is 6.31. The smallest absolute Gasteiger partial charge is 0.236 e. The van der Waals surface area contributed by atoms with Crippen LogP contribution in [0.4, 0.5) is 4.39 Å². The van der Waals surface area contributed by atoms with Crippen LogP contribution in [0.25, 0.3) is 0 Å². The van der Waals surface area contributed by atoms with Crippen LogP contribution in [-0.2, 0) is 27.4 Å². The Kier molecular flexibility index (Phi) is 8.25. The zero-order valence-corrected chi connectivity index (χ0v) is 19.1. The molecule has 178 valence electrons. The van der Waals surface area contributed by atoms with Crippen LogP contribution in [0, 0.1) is 11.7 Å². The maximum atomic E-state index is 14.6. The Morgan fingerprint density at radius 2 is 1.94 bits per heavy atom. The molecule has 0 aliphatic carbocycles. The van der Waals surface area contributed by atoms with Crippen molar-refractivity contribution in [3.63, 3.8) is 0 Å². The normalized spacial score (nSPS) is 20.6. The van der Waals surface area contributed by atoms with Gasteiger partial charge in [0.05, 0.1) is 26.4 Å². The van der Waals surface area contributed by atoms with Gasteiger partial charge in [-0.05, 0) is 42.5 Å². The van der Waals surface area contributed by atoms with Crippen LogP contribution >= 0.6 is 0 Å².